The van der Waals surface area contributed by atoms with E-state index in [1.165, 1.54) is 32.2 Å². The van der Waals surface area contributed by atoms with Gasteiger partial charge >= 0.3 is 5.97 Å². The second-order valence-corrected chi connectivity index (χ2v) is 6.34. The Bertz CT molecular complexity index is 905. The number of ether oxygens (including phenoxy) is 2. The summed E-state index contributed by atoms with van der Waals surface area (Å²) in [5.41, 5.74) is 0.601. The van der Waals surface area contributed by atoms with Gasteiger partial charge in [-0.1, -0.05) is 19.0 Å². The molecule has 2 rings (SSSR count). The monoisotopic (exact) mass is 391 g/mol. The van der Waals surface area contributed by atoms with Gasteiger partial charge in [-0.25, -0.2) is 4.79 Å². The van der Waals surface area contributed by atoms with E-state index in [0.29, 0.717) is 11.5 Å². The highest BCUT2D eigenvalue weighted by Crippen LogP contribution is 2.29. The van der Waals surface area contributed by atoms with Gasteiger partial charge in [0.05, 0.1) is 29.5 Å². The number of nitrogens with zero attached hydrogens (tertiary/aromatic N) is 2. The third kappa shape index (κ3) is 4.45. The zero-order valence-corrected chi connectivity index (χ0v) is 16.1. The molecule has 28 heavy (non-hydrogen) atoms. The number of nitrogens with one attached hydrogen (secondary N) is 1. The van der Waals surface area contributed by atoms with Gasteiger partial charge < -0.3 is 19.3 Å². The van der Waals surface area contributed by atoms with Crippen LogP contribution in [0.4, 0.5) is 11.4 Å². The Morgan fingerprint density at radius 3 is 2.54 bits per heavy atom. The number of aryl methyl sites for hydroxylation is 1. The first-order valence-corrected chi connectivity index (χ1v) is 8.46. The molecule has 0 saturated carbocycles. The van der Waals surface area contributed by atoms with Crippen molar-refractivity contribution < 1.29 is 28.5 Å². The van der Waals surface area contributed by atoms with Crippen LogP contribution in [0.15, 0.2) is 22.7 Å². The van der Waals surface area contributed by atoms with Crippen molar-refractivity contribution in [1.29, 1.82) is 0 Å². The van der Waals surface area contributed by atoms with Crippen molar-refractivity contribution in [2.24, 2.45) is 0 Å². The fourth-order valence-corrected chi connectivity index (χ4v) is 2.43. The van der Waals surface area contributed by atoms with Gasteiger partial charge in [-0.3, -0.25) is 14.9 Å². The summed E-state index contributed by atoms with van der Waals surface area (Å²) in [6.07, 6.45) is -1.14. The molecule has 1 N–H and O–H groups in total. The minimum Gasteiger partial charge on any atom is -0.494 e. The molecule has 10 nitrogen and oxygen atoms in total. The number of hydrogen-bond acceptors (Lipinski definition) is 8. The maximum atomic E-state index is 12.5. The smallest absolute Gasteiger partial charge is 0.344 e. The number of anilines is 1. The molecular weight excluding hydrogens is 370 g/mol. The molecule has 0 spiro atoms. The number of carbonyl (C=O) groups is 2. The van der Waals surface area contributed by atoms with Gasteiger partial charge in [-0.05, 0) is 19.9 Å². The molecule has 0 aliphatic rings. The van der Waals surface area contributed by atoms with E-state index in [-0.39, 0.29) is 28.6 Å². The topological polar surface area (TPSA) is 134 Å². The molecule has 1 amide bonds. The molecule has 1 aromatic carbocycles. The Hall–Kier alpha value is -3.43. The molecular formula is C18H21N3O7. The summed E-state index contributed by atoms with van der Waals surface area (Å²) in [6, 6.07) is 3.75. The van der Waals surface area contributed by atoms with E-state index in [9.17, 15) is 19.7 Å². The summed E-state index contributed by atoms with van der Waals surface area (Å²) in [7, 11) is 1.32. The number of methoxy groups -OCH3 is 1. The first-order valence-electron chi connectivity index (χ1n) is 8.46. The Labute approximate surface area is 160 Å². The van der Waals surface area contributed by atoms with Crippen LogP contribution in [0.25, 0.3) is 0 Å². The predicted molar refractivity (Wildman–Crippen MR) is 98.5 cm³/mol. The fourth-order valence-electron chi connectivity index (χ4n) is 2.43. The Kier molecular flexibility index (Phi) is 6.34. The van der Waals surface area contributed by atoms with E-state index in [1.807, 2.05) is 13.8 Å². The van der Waals surface area contributed by atoms with E-state index >= 15 is 0 Å². The number of aromatic nitrogens is 1. The molecule has 150 valence electrons. The van der Waals surface area contributed by atoms with Crippen LogP contribution in [0, 0.1) is 17.0 Å². The number of hydrogen-bond donors (Lipinski definition) is 1. The number of esters is 1. The average Bonchev–Trinajstić information content (AvgIpc) is 3.03. The summed E-state index contributed by atoms with van der Waals surface area (Å²) < 4.78 is 15.5. The van der Waals surface area contributed by atoms with E-state index in [4.69, 9.17) is 14.0 Å². The quantitative estimate of drug-likeness (QED) is 0.432. The third-order valence-electron chi connectivity index (χ3n) is 3.92. The van der Waals surface area contributed by atoms with Gasteiger partial charge in [0, 0.05) is 12.0 Å². The van der Waals surface area contributed by atoms with Crippen molar-refractivity contribution in [2.75, 3.05) is 12.4 Å². The molecule has 0 aliphatic carbocycles. The van der Waals surface area contributed by atoms with Crippen molar-refractivity contribution in [3.63, 3.8) is 0 Å². The number of benzene rings is 1. The van der Waals surface area contributed by atoms with Crippen LogP contribution in [-0.2, 0) is 9.53 Å². The molecule has 1 aromatic heterocycles. The first-order chi connectivity index (χ1) is 13.1. The van der Waals surface area contributed by atoms with Crippen LogP contribution in [0.2, 0.25) is 0 Å². The number of nitro benzene ring substituents is 1. The third-order valence-corrected chi connectivity index (χ3v) is 3.92. The minimum absolute atomic E-state index is 0.0859. The lowest BCUT2D eigenvalue weighted by molar-refractivity contribution is -0.384. The van der Waals surface area contributed by atoms with Gasteiger partial charge in [0.1, 0.15) is 11.3 Å². The van der Waals surface area contributed by atoms with Gasteiger partial charge in [0.2, 0.25) is 0 Å². The van der Waals surface area contributed by atoms with Gasteiger partial charge in [0.25, 0.3) is 11.6 Å². The number of rotatable bonds is 7. The highest BCUT2D eigenvalue weighted by atomic mass is 16.6. The number of non-ortho nitro benzene ring substituents is 1. The molecule has 0 fully saturated rings. The lowest BCUT2D eigenvalue weighted by Crippen LogP contribution is -2.30. The van der Waals surface area contributed by atoms with E-state index in [1.54, 1.807) is 6.92 Å². The molecule has 0 unspecified atom stereocenters. The average molecular weight is 391 g/mol. The minimum atomic E-state index is -1.14. The van der Waals surface area contributed by atoms with E-state index in [2.05, 4.69) is 10.5 Å². The van der Waals surface area contributed by atoms with E-state index in [0.717, 1.165) is 0 Å². The second kappa shape index (κ2) is 8.51. The number of nitro groups is 1. The molecule has 1 atom stereocenters. The summed E-state index contributed by atoms with van der Waals surface area (Å²) in [5.74, 6) is -0.941. The van der Waals surface area contributed by atoms with Crippen molar-refractivity contribution >= 4 is 23.3 Å². The van der Waals surface area contributed by atoms with Crippen LogP contribution < -0.4 is 10.1 Å². The van der Waals surface area contributed by atoms with Crippen molar-refractivity contribution in [2.45, 2.75) is 39.7 Å². The molecule has 0 bridgehead atoms. The second-order valence-electron chi connectivity index (χ2n) is 6.34. The highest BCUT2D eigenvalue weighted by Gasteiger charge is 2.27. The van der Waals surface area contributed by atoms with Crippen LogP contribution in [0.3, 0.4) is 0 Å². The van der Waals surface area contributed by atoms with Crippen LogP contribution in [-0.4, -0.2) is 35.2 Å². The molecule has 10 heteroatoms. The lowest BCUT2D eigenvalue weighted by Gasteiger charge is -2.15. The SMILES string of the molecule is COc1cc([N+](=O)[O-])ccc1NC(=O)[C@H](C)OC(=O)c1c(C)noc1C(C)C. The van der Waals surface area contributed by atoms with Crippen LogP contribution in [0.5, 0.6) is 5.75 Å². The molecule has 1 heterocycles. The molecule has 2 aromatic rings. The normalized spacial score (nSPS) is 11.8. The van der Waals surface area contributed by atoms with Crippen molar-refractivity contribution in [3.8, 4) is 5.75 Å². The summed E-state index contributed by atoms with van der Waals surface area (Å²) in [5, 5.41) is 17.1. The van der Waals surface area contributed by atoms with Crippen LogP contribution in [0.1, 0.15) is 48.5 Å². The predicted octanol–water partition coefficient (Wildman–Crippen LogP) is 3.21. The summed E-state index contributed by atoms with van der Waals surface area (Å²) in [6.45, 7) is 6.70. The maximum Gasteiger partial charge on any atom is 0.344 e. The zero-order chi connectivity index (χ0) is 21.0. The molecule has 0 aliphatic heterocycles. The van der Waals surface area contributed by atoms with Crippen molar-refractivity contribution in [1.82, 2.24) is 5.16 Å². The highest BCUT2D eigenvalue weighted by molar-refractivity contribution is 5.98. The van der Waals surface area contributed by atoms with Gasteiger partial charge in [0.15, 0.2) is 11.9 Å². The standard InChI is InChI=1S/C18H21N3O7/c1-9(2)16-15(10(3)20-28-16)18(23)27-11(4)17(22)19-13-7-6-12(21(24)25)8-14(13)26-5/h6-9,11H,1-5H3,(H,19,22)/t11-/m0/s1. The van der Waals surface area contributed by atoms with Crippen LogP contribution >= 0.6 is 0 Å². The Morgan fingerprint density at radius 1 is 1.29 bits per heavy atom. The molecule has 0 saturated heterocycles. The van der Waals surface area contributed by atoms with Gasteiger partial charge in [-0.2, -0.15) is 0 Å². The maximum absolute atomic E-state index is 12.5. The number of carbonyl (C=O) groups excluding carboxylic acids is 2. The van der Waals surface area contributed by atoms with E-state index < -0.39 is 22.9 Å². The van der Waals surface area contributed by atoms with Gasteiger partial charge in [-0.15, -0.1) is 0 Å². The summed E-state index contributed by atoms with van der Waals surface area (Å²) >= 11 is 0. The summed E-state index contributed by atoms with van der Waals surface area (Å²) in [4.78, 5) is 35.1. The Balaban J connectivity index is 2.13. The first kappa shape index (κ1) is 20.9. The lowest BCUT2D eigenvalue weighted by atomic mass is 10.1. The number of amides is 1. The van der Waals surface area contributed by atoms with Crippen molar-refractivity contribution in [3.05, 3.63) is 45.3 Å². The fraction of sp³-hybridized carbons (Fsp3) is 0.389. The molecule has 0 radical (unpaired) electrons. The largest absolute Gasteiger partial charge is 0.494 e. The Morgan fingerprint density at radius 2 is 1.96 bits per heavy atom. The zero-order valence-electron chi connectivity index (χ0n) is 16.1.